The highest BCUT2D eigenvalue weighted by Crippen LogP contribution is 2.19. The molecule has 0 atom stereocenters. The molecular formula is C13H12BF3NO-. The Hall–Kier alpha value is -1.98. The van der Waals surface area contributed by atoms with Crippen molar-refractivity contribution in [1.82, 2.24) is 4.98 Å². The van der Waals surface area contributed by atoms with E-state index in [4.69, 9.17) is 4.74 Å². The van der Waals surface area contributed by atoms with Crippen molar-refractivity contribution in [3.8, 4) is 5.75 Å². The van der Waals surface area contributed by atoms with E-state index in [-0.39, 0.29) is 12.4 Å². The molecule has 2 nitrogen and oxygen atoms in total. The molecule has 0 N–H and O–H groups in total. The summed E-state index contributed by atoms with van der Waals surface area (Å²) in [5, 5.41) is 0. The summed E-state index contributed by atoms with van der Waals surface area (Å²) in [7, 11) is 0. The van der Waals surface area contributed by atoms with Gasteiger partial charge in [-0.3, -0.25) is 4.98 Å². The Morgan fingerprint density at radius 1 is 1.21 bits per heavy atom. The largest absolute Gasteiger partial charge is 0.513 e. The smallest absolute Gasteiger partial charge is 0.492 e. The summed E-state index contributed by atoms with van der Waals surface area (Å²) >= 11 is 0. The molecule has 1 aromatic heterocycles. The van der Waals surface area contributed by atoms with Crippen LogP contribution < -0.4 is 10.2 Å². The minimum atomic E-state index is -5.08. The van der Waals surface area contributed by atoms with Gasteiger partial charge >= 0.3 is 6.98 Å². The molecular weight excluding hydrogens is 254 g/mol. The van der Waals surface area contributed by atoms with Crippen LogP contribution in [-0.2, 0) is 6.61 Å². The van der Waals surface area contributed by atoms with Crippen LogP contribution in [0.3, 0.4) is 0 Å². The number of hydrogen-bond acceptors (Lipinski definition) is 2. The van der Waals surface area contributed by atoms with Gasteiger partial charge < -0.3 is 17.7 Å². The van der Waals surface area contributed by atoms with Crippen molar-refractivity contribution < 1.29 is 17.7 Å². The Morgan fingerprint density at radius 2 is 2.00 bits per heavy atom. The first-order chi connectivity index (χ1) is 8.97. The van der Waals surface area contributed by atoms with Crippen LogP contribution in [0.2, 0.25) is 0 Å². The van der Waals surface area contributed by atoms with Crippen LogP contribution in [0.1, 0.15) is 11.1 Å². The predicted octanol–water partition coefficient (Wildman–Crippen LogP) is 3.02. The van der Waals surface area contributed by atoms with E-state index >= 15 is 0 Å². The third-order valence-corrected chi connectivity index (χ3v) is 2.64. The number of aromatic nitrogens is 1. The average molecular weight is 266 g/mol. The molecule has 0 fully saturated rings. The van der Waals surface area contributed by atoms with Gasteiger partial charge in [0.05, 0.1) is 5.75 Å². The molecule has 0 saturated carbocycles. The molecule has 2 aromatic rings. The fourth-order valence-electron chi connectivity index (χ4n) is 1.70. The second-order valence-electron chi connectivity index (χ2n) is 4.27. The van der Waals surface area contributed by atoms with E-state index in [0.29, 0.717) is 5.56 Å². The molecule has 6 heteroatoms. The fraction of sp³-hybridized carbons (Fsp3) is 0.154. The quantitative estimate of drug-likeness (QED) is 0.793. The summed E-state index contributed by atoms with van der Waals surface area (Å²) in [5.74, 6) is -0.137. The van der Waals surface area contributed by atoms with Gasteiger partial charge in [-0.1, -0.05) is 29.2 Å². The summed E-state index contributed by atoms with van der Waals surface area (Å²) in [4.78, 5) is 3.88. The Bertz CT molecular complexity index is 558. The lowest BCUT2D eigenvalue weighted by molar-refractivity contribution is 0.306. The van der Waals surface area contributed by atoms with Crippen molar-refractivity contribution in [1.29, 1.82) is 0 Å². The summed E-state index contributed by atoms with van der Waals surface area (Å²) < 4.78 is 44.0. The van der Waals surface area contributed by atoms with Crippen LogP contribution in [0, 0.1) is 6.92 Å². The van der Waals surface area contributed by atoms with E-state index in [1.54, 1.807) is 37.5 Å². The second kappa shape index (κ2) is 5.34. The van der Waals surface area contributed by atoms with Gasteiger partial charge in [-0.15, -0.1) is 0 Å². The highest BCUT2D eigenvalue weighted by Gasteiger charge is 2.29. The van der Waals surface area contributed by atoms with Crippen LogP contribution >= 0.6 is 0 Å². The van der Waals surface area contributed by atoms with Gasteiger partial charge in [-0.05, 0) is 19.1 Å². The van der Waals surface area contributed by atoms with Gasteiger partial charge in [0.25, 0.3) is 0 Å². The van der Waals surface area contributed by atoms with Gasteiger partial charge in [0.2, 0.25) is 0 Å². The molecule has 2 rings (SSSR count). The molecule has 19 heavy (non-hydrogen) atoms. The summed E-state index contributed by atoms with van der Waals surface area (Å²) in [6.45, 7) is -3.39. The van der Waals surface area contributed by atoms with E-state index in [2.05, 4.69) is 4.98 Å². The summed E-state index contributed by atoms with van der Waals surface area (Å²) in [5.41, 5.74) is 0.593. The van der Waals surface area contributed by atoms with Crippen molar-refractivity contribution in [2.75, 3.05) is 0 Å². The highest BCUT2D eigenvalue weighted by atomic mass is 19.4. The van der Waals surface area contributed by atoms with Gasteiger partial charge in [-0.25, -0.2) is 0 Å². The molecule has 100 valence electrons. The van der Waals surface area contributed by atoms with Crippen LogP contribution in [0.25, 0.3) is 0 Å². The number of hydrogen-bond donors (Lipinski definition) is 0. The van der Waals surface area contributed by atoms with Gasteiger partial charge in [0.1, 0.15) is 6.61 Å². The Labute approximate surface area is 109 Å². The topological polar surface area (TPSA) is 22.1 Å². The zero-order valence-corrected chi connectivity index (χ0v) is 10.3. The number of nitrogens with zero attached hydrogens (tertiary/aromatic N) is 1. The molecule has 0 aliphatic carbocycles. The molecule has 1 aromatic carbocycles. The van der Waals surface area contributed by atoms with Crippen LogP contribution in [0.5, 0.6) is 5.75 Å². The number of benzene rings is 1. The monoisotopic (exact) mass is 266 g/mol. The Balaban J connectivity index is 2.21. The number of aryl methyl sites for hydroxylation is 1. The third-order valence-electron chi connectivity index (χ3n) is 2.64. The lowest BCUT2D eigenvalue weighted by atomic mass is 9.78. The normalized spacial score (nSPS) is 11.4. The molecule has 0 amide bonds. The first-order valence-electron chi connectivity index (χ1n) is 5.79. The molecule has 0 aliphatic heterocycles. The number of halogens is 3. The molecule has 0 unspecified atom stereocenters. The van der Waals surface area contributed by atoms with Crippen LogP contribution in [-0.4, -0.2) is 12.0 Å². The van der Waals surface area contributed by atoms with E-state index in [0.717, 1.165) is 11.6 Å². The third kappa shape index (κ3) is 3.50. The first-order valence-corrected chi connectivity index (χ1v) is 5.79. The number of rotatable bonds is 4. The second-order valence-corrected chi connectivity index (χ2v) is 4.27. The number of pyridine rings is 1. The van der Waals surface area contributed by atoms with Crippen molar-refractivity contribution in [3.05, 3.63) is 53.9 Å². The molecule has 0 saturated heterocycles. The minimum Gasteiger partial charge on any atom is -0.492 e. The lowest BCUT2D eigenvalue weighted by Crippen LogP contribution is -2.35. The van der Waals surface area contributed by atoms with E-state index < -0.39 is 12.4 Å². The van der Waals surface area contributed by atoms with Crippen molar-refractivity contribution in [3.63, 3.8) is 0 Å². The maximum atomic E-state index is 12.9. The van der Waals surface area contributed by atoms with Crippen LogP contribution in [0.15, 0.2) is 42.7 Å². The first kappa shape index (κ1) is 13.5. The highest BCUT2D eigenvalue weighted by molar-refractivity contribution is 6.74. The van der Waals surface area contributed by atoms with E-state index in [9.17, 15) is 12.9 Å². The Morgan fingerprint density at radius 3 is 2.63 bits per heavy atom. The summed E-state index contributed by atoms with van der Waals surface area (Å²) in [6, 6.07) is 7.53. The number of ether oxygens (including phenoxy) is 1. The van der Waals surface area contributed by atoms with Gasteiger partial charge in [-0.2, -0.15) is 0 Å². The van der Waals surface area contributed by atoms with Crippen molar-refractivity contribution >= 4 is 12.4 Å². The van der Waals surface area contributed by atoms with E-state index in [1.165, 1.54) is 6.07 Å². The molecule has 0 spiro atoms. The van der Waals surface area contributed by atoms with Crippen LogP contribution in [0.4, 0.5) is 12.9 Å². The van der Waals surface area contributed by atoms with Gasteiger partial charge in [0.15, 0.2) is 0 Å². The van der Waals surface area contributed by atoms with Gasteiger partial charge in [0, 0.05) is 18.0 Å². The fourth-order valence-corrected chi connectivity index (χ4v) is 1.70. The maximum absolute atomic E-state index is 12.9. The lowest BCUT2D eigenvalue weighted by Gasteiger charge is -2.20. The maximum Gasteiger partial charge on any atom is 0.513 e. The van der Waals surface area contributed by atoms with E-state index in [1.807, 2.05) is 0 Å². The predicted molar refractivity (Wildman–Crippen MR) is 68.5 cm³/mol. The zero-order valence-electron chi connectivity index (χ0n) is 10.3. The molecule has 0 radical (unpaired) electrons. The molecule has 0 aliphatic rings. The minimum absolute atomic E-state index is 0.0655. The standard InChI is InChI=1S/C13H12BF3NO/c1-10-4-5-13(12(7-10)14(15,16)17)19-9-11-3-2-6-18-8-11/h2-8H,9H2,1H3/q-1. The van der Waals surface area contributed by atoms with Crippen molar-refractivity contribution in [2.24, 2.45) is 0 Å². The molecule has 1 heterocycles. The Kier molecular flexibility index (Phi) is 3.78. The SMILES string of the molecule is Cc1ccc(OCc2cccnc2)c([B-](F)(F)F)c1. The summed E-state index contributed by atoms with van der Waals surface area (Å²) in [6.07, 6.45) is 3.16. The average Bonchev–Trinajstić information content (AvgIpc) is 2.37. The zero-order chi connectivity index (χ0) is 13.9. The molecule has 0 bridgehead atoms. The van der Waals surface area contributed by atoms with Crippen molar-refractivity contribution in [2.45, 2.75) is 13.5 Å².